The second-order valence-electron chi connectivity index (χ2n) is 6.28. The van der Waals surface area contributed by atoms with Gasteiger partial charge in [0.2, 0.25) is 15.9 Å². The van der Waals surface area contributed by atoms with E-state index in [0.29, 0.717) is 0 Å². The molecule has 2 rings (SSSR count). The third kappa shape index (κ3) is 5.43. The summed E-state index contributed by atoms with van der Waals surface area (Å²) in [5.74, 6) is -1.82. The summed E-state index contributed by atoms with van der Waals surface area (Å²) in [6.07, 6.45) is -2.27. The molecule has 1 fully saturated rings. The van der Waals surface area contributed by atoms with Crippen molar-refractivity contribution in [3.63, 3.8) is 0 Å². The maximum absolute atomic E-state index is 13.8. The number of halogens is 3. The van der Waals surface area contributed by atoms with Crippen LogP contribution in [0.25, 0.3) is 0 Å². The van der Waals surface area contributed by atoms with E-state index < -0.39 is 45.5 Å². The van der Waals surface area contributed by atoms with E-state index in [9.17, 15) is 26.4 Å². The van der Waals surface area contributed by atoms with Crippen LogP contribution in [-0.4, -0.2) is 69.9 Å². The maximum Gasteiger partial charge on any atom is 0.255 e. The summed E-state index contributed by atoms with van der Waals surface area (Å²) >= 11 is 0. The molecular weight excluding hydrogens is 385 g/mol. The van der Waals surface area contributed by atoms with Gasteiger partial charge in [-0.25, -0.2) is 21.6 Å². The Labute approximate surface area is 156 Å². The fraction of sp³-hybridized carbons (Fsp3) is 0.588. The second-order valence-corrected chi connectivity index (χ2v) is 8.18. The molecule has 1 aliphatic heterocycles. The highest BCUT2D eigenvalue weighted by Gasteiger charge is 2.35. The molecule has 152 valence electrons. The quantitative estimate of drug-likeness (QED) is 0.660. The number of carbonyl (C=O) groups is 1. The summed E-state index contributed by atoms with van der Waals surface area (Å²) in [4.78, 5) is 13.2. The van der Waals surface area contributed by atoms with Crippen molar-refractivity contribution in [2.45, 2.75) is 24.2 Å². The summed E-state index contributed by atoms with van der Waals surface area (Å²) in [5, 5.41) is 0. The Morgan fingerprint density at radius 1 is 1.30 bits per heavy atom. The normalized spacial score (nSPS) is 16.6. The molecule has 1 heterocycles. The molecule has 0 saturated carbocycles. The number of ether oxygens (including phenoxy) is 1. The summed E-state index contributed by atoms with van der Waals surface area (Å²) in [5.41, 5.74) is 0. The van der Waals surface area contributed by atoms with Crippen molar-refractivity contribution in [3.8, 4) is 0 Å². The van der Waals surface area contributed by atoms with Crippen molar-refractivity contribution in [2.24, 2.45) is 5.92 Å². The van der Waals surface area contributed by atoms with Crippen molar-refractivity contribution in [1.82, 2.24) is 9.21 Å². The smallest absolute Gasteiger partial charge is 0.255 e. The molecule has 1 amide bonds. The maximum atomic E-state index is 13.8. The second kappa shape index (κ2) is 9.52. The number of benzene rings is 1. The van der Waals surface area contributed by atoms with Gasteiger partial charge in [-0.15, -0.1) is 0 Å². The van der Waals surface area contributed by atoms with Crippen molar-refractivity contribution >= 4 is 15.9 Å². The molecule has 0 unspecified atom stereocenters. The number of sulfonamides is 1. The molecule has 0 aromatic heterocycles. The van der Waals surface area contributed by atoms with Gasteiger partial charge < -0.3 is 9.64 Å². The van der Waals surface area contributed by atoms with Gasteiger partial charge in [-0.3, -0.25) is 4.79 Å². The van der Waals surface area contributed by atoms with Crippen LogP contribution in [0.4, 0.5) is 13.2 Å². The van der Waals surface area contributed by atoms with Crippen molar-refractivity contribution in [3.05, 3.63) is 30.1 Å². The van der Waals surface area contributed by atoms with E-state index in [1.54, 1.807) is 0 Å². The van der Waals surface area contributed by atoms with Gasteiger partial charge in [0.15, 0.2) is 0 Å². The first-order valence-corrected chi connectivity index (χ1v) is 10.0. The zero-order chi connectivity index (χ0) is 20.0. The van der Waals surface area contributed by atoms with Gasteiger partial charge in [-0.2, -0.15) is 4.31 Å². The molecular formula is C17H23F3N2O4S. The molecule has 0 spiro atoms. The third-order valence-electron chi connectivity index (χ3n) is 4.49. The lowest BCUT2D eigenvalue weighted by Crippen LogP contribution is -2.46. The number of amides is 1. The molecule has 0 N–H and O–H groups in total. The summed E-state index contributed by atoms with van der Waals surface area (Å²) in [6.45, 7) is -0.442. The largest absolute Gasteiger partial charge is 0.383 e. The zero-order valence-corrected chi connectivity index (χ0v) is 15.8. The minimum Gasteiger partial charge on any atom is -0.383 e. The Morgan fingerprint density at radius 2 is 1.93 bits per heavy atom. The van der Waals surface area contributed by atoms with Gasteiger partial charge in [0.25, 0.3) is 6.43 Å². The number of alkyl halides is 2. The van der Waals surface area contributed by atoms with Crippen LogP contribution in [0.2, 0.25) is 0 Å². The van der Waals surface area contributed by atoms with E-state index >= 15 is 0 Å². The van der Waals surface area contributed by atoms with E-state index in [-0.39, 0.29) is 39.1 Å². The first-order valence-electron chi connectivity index (χ1n) is 8.58. The van der Waals surface area contributed by atoms with Crippen LogP contribution in [0.5, 0.6) is 0 Å². The average Bonchev–Trinajstić information content (AvgIpc) is 2.64. The van der Waals surface area contributed by atoms with Gasteiger partial charge in [0, 0.05) is 32.7 Å². The van der Waals surface area contributed by atoms with Crippen molar-refractivity contribution in [2.75, 3.05) is 39.9 Å². The van der Waals surface area contributed by atoms with Crippen LogP contribution in [0, 0.1) is 11.7 Å². The molecule has 0 aliphatic carbocycles. The predicted molar refractivity (Wildman–Crippen MR) is 92.3 cm³/mol. The first kappa shape index (κ1) is 21.6. The summed E-state index contributed by atoms with van der Waals surface area (Å²) in [6, 6.07) is 5.10. The third-order valence-corrected chi connectivity index (χ3v) is 6.42. The summed E-state index contributed by atoms with van der Waals surface area (Å²) in [7, 11) is -2.59. The number of hydrogen-bond donors (Lipinski definition) is 0. The van der Waals surface area contributed by atoms with Crippen molar-refractivity contribution in [1.29, 1.82) is 0 Å². The number of methoxy groups -OCH3 is 1. The van der Waals surface area contributed by atoms with E-state index in [4.69, 9.17) is 4.74 Å². The lowest BCUT2D eigenvalue weighted by Gasteiger charge is -2.33. The fourth-order valence-electron chi connectivity index (χ4n) is 3.05. The van der Waals surface area contributed by atoms with Crippen LogP contribution in [0.3, 0.4) is 0 Å². The average molecular weight is 408 g/mol. The fourth-order valence-corrected chi connectivity index (χ4v) is 4.59. The van der Waals surface area contributed by atoms with E-state index in [2.05, 4.69) is 0 Å². The molecule has 1 saturated heterocycles. The zero-order valence-electron chi connectivity index (χ0n) is 15.0. The number of rotatable bonds is 8. The number of hydrogen-bond acceptors (Lipinski definition) is 4. The van der Waals surface area contributed by atoms with Gasteiger partial charge in [-0.1, -0.05) is 12.1 Å². The molecule has 1 aromatic carbocycles. The number of piperidine rings is 1. The van der Waals surface area contributed by atoms with E-state index in [1.165, 1.54) is 25.3 Å². The Hall–Kier alpha value is -1.65. The SMILES string of the molecule is COCCN(CC(F)F)C(=O)C1CCN(S(=O)(=O)c2ccccc2F)CC1. The topological polar surface area (TPSA) is 66.9 Å². The van der Waals surface area contributed by atoms with Crippen molar-refractivity contribution < 1.29 is 31.1 Å². The highest BCUT2D eigenvalue weighted by atomic mass is 32.2. The molecule has 1 aromatic rings. The van der Waals surface area contributed by atoms with E-state index in [1.807, 2.05) is 0 Å². The lowest BCUT2D eigenvalue weighted by atomic mass is 9.96. The molecule has 0 atom stereocenters. The predicted octanol–water partition coefficient (Wildman–Crippen LogP) is 1.97. The molecule has 0 bridgehead atoms. The Kier molecular flexibility index (Phi) is 7.63. The minimum atomic E-state index is -4.00. The Morgan fingerprint density at radius 3 is 2.48 bits per heavy atom. The standard InChI is InChI=1S/C17H23F3N2O4S/c1-26-11-10-21(12-16(19)20)17(23)13-6-8-22(9-7-13)27(24,25)15-5-3-2-4-14(15)18/h2-5,13,16H,6-12H2,1H3. The monoisotopic (exact) mass is 408 g/mol. The van der Waals surface area contributed by atoms with Gasteiger partial charge in [0.1, 0.15) is 10.7 Å². The molecule has 1 aliphatic rings. The number of nitrogens with zero attached hydrogens (tertiary/aromatic N) is 2. The Bertz CT molecular complexity index is 737. The number of carbonyl (C=O) groups excluding carboxylic acids is 1. The highest BCUT2D eigenvalue weighted by Crippen LogP contribution is 2.26. The van der Waals surface area contributed by atoms with Gasteiger partial charge >= 0.3 is 0 Å². The molecule has 10 heteroatoms. The van der Waals surface area contributed by atoms with Gasteiger partial charge in [-0.05, 0) is 25.0 Å². The highest BCUT2D eigenvalue weighted by molar-refractivity contribution is 7.89. The lowest BCUT2D eigenvalue weighted by molar-refractivity contribution is -0.139. The van der Waals surface area contributed by atoms with Crippen LogP contribution >= 0.6 is 0 Å². The Balaban J connectivity index is 2.03. The van der Waals surface area contributed by atoms with Crippen LogP contribution in [0.15, 0.2) is 29.2 Å². The summed E-state index contributed by atoms with van der Waals surface area (Å²) < 4.78 is 70.4. The first-order chi connectivity index (χ1) is 12.8. The molecule has 0 radical (unpaired) electrons. The van der Waals surface area contributed by atoms with Crippen LogP contribution < -0.4 is 0 Å². The van der Waals surface area contributed by atoms with Gasteiger partial charge in [0.05, 0.1) is 13.2 Å². The van der Waals surface area contributed by atoms with Crippen LogP contribution in [0.1, 0.15) is 12.8 Å². The van der Waals surface area contributed by atoms with E-state index in [0.717, 1.165) is 15.3 Å². The molecule has 6 nitrogen and oxygen atoms in total. The molecule has 27 heavy (non-hydrogen) atoms. The minimum absolute atomic E-state index is 0.0276. The van der Waals surface area contributed by atoms with Crippen LogP contribution in [-0.2, 0) is 19.6 Å².